The molecule has 18 heavy (non-hydrogen) atoms. The number of benzene rings is 2. The summed E-state index contributed by atoms with van der Waals surface area (Å²) < 4.78 is 10.8. The minimum atomic E-state index is 0.771. The number of thiol groups is 2. The Bertz CT molecular complexity index is 516. The monoisotopic (exact) mass is 278 g/mol. The molecule has 2 nitrogen and oxygen atoms in total. The van der Waals surface area contributed by atoms with E-state index in [1.807, 2.05) is 36.4 Å². The molecule has 2 rings (SSSR count). The van der Waals surface area contributed by atoms with E-state index in [1.54, 1.807) is 14.2 Å². The van der Waals surface area contributed by atoms with Gasteiger partial charge in [-0.25, -0.2) is 0 Å². The Balaban J connectivity index is 2.61. The van der Waals surface area contributed by atoms with Crippen molar-refractivity contribution in [2.75, 3.05) is 14.2 Å². The van der Waals surface area contributed by atoms with Crippen molar-refractivity contribution in [1.82, 2.24) is 0 Å². The Morgan fingerprint density at radius 3 is 1.44 bits per heavy atom. The second-order valence-corrected chi connectivity index (χ2v) is 4.80. The highest BCUT2D eigenvalue weighted by Gasteiger charge is 2.11. The van der Waals surface area contributed by atoms with Crippen LogP contribution in [-0.4, -0.2) is 14.2 Å². The highest BCUT2D eigenvalue weighted by molar-refractivity contribution is 7.80. The predicted octanol–water partition coefficient (Wildman–Crippen LogP) is 3.95. The minimum absolute atomic E-state index is 0.771. The maximum Gasteiger partial charge on any atom is 0.127 e. The molecule has 0 saturated heterocycles. The van der Waals surface area contributed by atoms with Crippen LogP contribution in [-0.2, 0) is 0 Å². The van der Waals surface area contributed by atoms with Crippen LogP contribution in [0.1, 0.15) is 0 Å². The summed E-state index contributed by atoms with van der Waals surface area (Å²) in [7, 11) is 3.29. The topological polar surface area (TPSA) is 18.5 Å². The zero-order valence-corrected chi connectivity index (χ0v) is 12.0. The first-order valence-electron chi connectivity index (χ1n) is 5.40. The van der Waals surface area contributed by atoms with Crippen molar-refractivity contribution in [3.63, 3.8) is 0 Å². The lowest BCUT2D eigenvalue weighted by Crippen LogP contribution is -1.92. The van der Waals surface area contributed by atoms with Crippen LogP contribution in [0.4, 0.5) is 0 Å². The standard InChI is InChI=1S/C14H14O2S2/c1-15-13-7-9(17)3-5-11(13)12-6-4-10(18)8-14(12)16-2/h3-8,17-18H,1-2H3. The lowest BCUT2D eigenvalue weighted by atomic mass is 10.0. The predicted molar refractivity (Wildman–Crippen MR) is 79.5 cm³/mol. The summed E-state index contributed by atoms with van der Waals surface area (Å²) >= 11 is 8.62. The van der Waals surface area contributed by atoms with Crippen molar-refractivity contribution in [3.05, 3.63) is 36.4 Å². The summed E-state index contributed by atoms with van der Waals surface area (Å²) in [5.41, 5.74) is 1.95. The summed E-state index contributed by atoms with van der Waals surface area (Å²) in [5, 5.41) is 0. The maximum atomic E-state index is 5.39. The second-order valence-electron chi connectivity index (χ2n) is 3.77. The van der Waals surface area contributed by atoms with Gasteiger partial charge in [0, 0.05) is 20.9 Å². The number of methoxy groups -OCH3 is 2. The summed E-state index contributed by atoms with van der Waals surface area (Å²) in [5.74, 6) is 1.54. The van der Waals surface area contributed by atoms with Gasteiger partial charge in [-0.1, -0.05) is 0 Å². The molecule has 0 spiro atoms. The first kappa shape index (κ1) is 13.2. The van der Waals surface area contributed by atoms with Gasteiger partial charge < -0.3 is 9.47 Å². The van der Waals surface area contributed by atoms with Crippen molar-refractivity contribution >= 4 is 25.3 Å². The van der Waals surface area contributed by atoms with E-state index in [1.165, 1.54) is 0 Å². The molecule has 0 unspecified atom stereocenters. The summed E-state index contributed by atoms with van der Waals surface area (Å²) in [6.07, 6.45) is 0. The largest absolute Gasteiger partial charge is 0.496 e. The van der Waals surface area contributed by atoms with E-state index in [-0.39, 0.29) is 0 Å². The third kappa shape index (κ3) is 2.60. The van der Waals surface area contributed by atoms with Gasteiger partial charge in [0.05, 0.1) is 14.2 Å². The Kier molecular flexibility index (Phi) is 4.09. The van der Waals surface area contributed by atoms with Gasteiger partial charge in [-0.15, -0.1) is 25.3 Å². The molecule has 0 radical (unpaired) electrons. The van der Waals surface area contributed by atoms with Gasteiger partial charge in [0.15, 0.2) is 0 Å². The van der Waals surface area contributed by atoms with Crippen LogP contribution in [0.3, 0.4) is 0 Å². The van der Waals surface area contributed by atoms with E-state index in [4.69, 9.17) is 9.47 Å². The van der Waals surface area contributed by atoms with Crippen LogP contribution in [0.25, 0.3) is 11.1 Å². The Morgan fingerprint density at radius 2 is 1.11 bits per heavy atom. The van der Waals surface area contributed by atoms with Gasteiger partial charge in [-0.05, 0) is 36.4 Å². The molecule has 0 aliphatic carbocycles. The Labute approximate surface area is 118 Å². The van der Waals surface area contributed by atoms with E-state index < -0.39 is 0 Å². The molecule has 0 aliphatic rings. The van der Waals surface area contributed by atoms with E-state index >= 15 is 0 Å². The fraction of sp³-hybridized carbons (Fsp3) is 0.143. The molecule has 0 saturated carbocycles. The lowest BCUT2D eigenvalue weighted by molar-refractivity contribution is 0.409. The maximum absolute atomic E-state index is 5.39. The lowest BCUT2D eigenvalue weighted by Gasteiger charge is -2.13. The van der Waals surface area contributed by atoms with Crippen LogP contribution < -0.4 is 9.47 Å². The zero-order chi connectivity index (χ0) is 13.1. The van der Waals surface area contributed by atoms with Crippen LogP contribution in [0, 0.1) is 0 Å². The Hall–Kier alpha value is -1.26. The first-order valence-corrected chi connectivity index (χ1v) is 6.29. The molecule has 0 fully saturated rings. The minimum Gasteiger partial charge on any atom is -0.496 e. The molecule has 0 heterocycles. The van der Waals surface area contributed by atoms with E-state index in [2.05, 4.69) is 25.3 Å². The third-order valence-corrected chi connectivity index (χ3v) is 3.22. The summed E-state index contributed by atoms with van der Waals surface area (Å²) in [4.78, 5) is 1.72. The molecular formula is C14H14O2S2. The normalized spacial score (nSPS) is 10.2. The first-order chi connectivity index (χ1) is 8.65. The van der Waals surface area contributed by atoms with Crippen molar-refractivity contribution in [1.29, 1.82) is 0 Å². The highest BCUT2D eigenvalue weighted by Crippen LogP contribution is 2.38. The molecule has 0 aliphatic heterocycles. The molecular weight excluding hydrogens is 264 g/mol. The fourth-order valence-electron chi connectivity index (χ4n) is 1.80. The van der Waals surface area contributed by atoms with Crippen molar-refractivity contribution in [2.24, 2.45) is 0 Å². The molecule has 2 aromatic carbocycles. The van der Waals surface area contributed by atoms with Gasteiger partial charge in [-0.2, -0.15) is 0 Å². The second kappa shape index (κ2) is 5.59. The number of rotatable bonds is 3. The zero-order valence-electron chi connectivity index (χ0n) is 10.2. The average molecular weight is 278 g/mol. The third-order valence-electron chi connectivity index (χ3n) is 2.66. The van der Waals surface area contributed by atoms with Crippen LogP contribution in [0.5, 0.6) is 11.5 Å². The van der Waals surface area contributed by atoms with Gasteiger partial charge in [-0.3, -0.25) is 0 Å². The smallest absolute Gasteiger partial charge is 0.127 e. The van der Waals surface area contributed by atoms with E-state index in [0.29, 0.717) is 0 Å². The highest BCUT2D eigenvalue weighted by atomic mass is 32.1. The molecule has 0 atom stereocenters. The van der Waals surface area contributed by atoms with Gasteiger partial charge >= 0.3 is 0 Å². The molecule has 4 heteroatoms. The van der Waals surface area contributed by atoms with E-state index in [0.717, 1.165) is 32.4 Å². The van der Waals surface area contributed by atoms with Gasteiger partial charge in [0.2, 0.25) is 0 Å². The van der Waals surface area contributed by atoms with Gasteiger partial charge in [0.1, 0.15) is 11.5 Å². The Morgan fingerprint density at radius 1 is 0.722 bits per heavy atom. The molecule has 0 aromatic heterocycles. The van der Waals surface area contributed by atoms with Crippen LogP contribution in [0.2, 0.25) is 0 Å². The number of hydrogen-bond acceptors (Lipinski definition) is 4. The summed E-state index contributed by atoms with van der Waals surface area (Å²) in [6.45, 7) is 0. The molecule has 0 N–H and O–H groups in total. The SMILES string of the molecule is COc1cc(S)ccc1-c1ccc(S)cc1OC. The van der Waals surface area contributed by atoms with E-state index in [9.17, 15) is 0 Å². The molecule has 2 aromatic rings. The average Bonchev–Trinajstić information content (AvgIpc) is 2.38. The van der Waals surface area contributed by atoms with Gasteiger partial charge in [0.25, 0.3) is 0 Å². The fourth-order valence-corrected chi connectivity index (χ4v) is 2.19. The van der Waals surface area contributed by atoms with Crippen molar-refractivity contribution in [3.8, 4) is 22.6 Å². The molecule has 94 valence electrons. The molecule has 0 amide bonds. The van der Waals surface area contributed by atoms with Crippen LogP contribution >= 0.6 is 25.3 Å². The van der Waals surface area contributed by atoms with Crippen molar-refractivity contribution in [2.45, 2.75) is 9.79 Å². The summed E-state index contributed by atoms with van der Waals surface area (Å²) in [6, 6.07) is 11.6. The molecule has 0 bridgehead atoms. The number of ether oxygens (including phenoxy) is 2. The van der Waals surface area contributed by atoms with Crippen LogP contribution in [0.15, 0.2) is 46.2 Å². The van der Waals surface area contributed by atoms with Crippen molar-refractivity contribution < 1.29 is 9.47 Å². The number of hydrogen-bond donors (Lipinski definition) is 2. The quantitative estimate of drug-likeness (QED) is 0.828.